The second kappa shape index (κ2) is 8.68. The molecule has 0 unspecified atom stereocenters. The number of anilines is 1. The van der Waals surface area contributed by atoms with Crippen LogP contribution in [0.5, 0.6) is 0 Å². The Morgan fingerprint density at radius 2 is 2.03 bits per heavy atom. The second-order valence-electron chi connectivity index (χ2n) is 9.01. The van der Waals surface area contributed by atoms with Crippen molar-refractivity contribution in [2.75, 3.05) is 24.6 Å². The zero-order valence-corrected chi connectivity index (χ0v) is 18.6. The van der Waals surface area contributed by atoms with Crippen molar-refractivity contribution >= 4 is 11.6 Å². The summed E-state index contributed by atoms with van der Waals surface area (Å²) in [6, 6.07) is 22.5. The number of fused-ring (bicyclic) bond motifs is 1. The molecule has 1 fully saturated rings. The lowest BCUT2D eigenvalue weighted by Gasteiger charge is -2.41. The van der Waals surface area contributed by atoms with Crippen LogP contribution in [0.25, 0.3) is 0 Å². The normalized spacial score (nSPS) is 19.8. The molecule has 33 heavy (non-hydrogen) atoms. The lowest BCUT2D eigenvalue weighted by molar-refractivity contribution is 0.0757. The van der Waals surface area contributed by atoms with E-state index in [-0.39, 0.29) is 5.91 Å². The third kappa shape index (κ3) is 4.20. The SMILES string of the molecule is C[C@@]1(C#N)COCc2ccc(C(=O)NCc3cc(N4CC(c5ccccc5)C4)ccn3)cc21. The summed E-state index contributed by atoms with van der Waals surface area (Å²) < 4.78 is 5.55. The summed E-state index contributed by atoms with van der Waals surface area (Å²) in [5.41, 5.74) is 4.95. The Hall–Kier alpha value is -3.69. The van der Waals surface area contributed by atoms with Gasteiger partial charge in [-0.25, -0.2) is 0 Å². The zero-order valence-electron chi connectivity index (χ0n) is 18.6. The summed E-state index contributed by atoms with van der Waals surface area (Å²) in [6.45, 7) is 4.96. The van der Waals surface area contributed by atoms with Crippen LogP contribution in [-0.4, -0.2) is 30.6 Å². The minimum absolute atomic E-state index is 0.176. The minimum Gasteiger partial charge on any atom is -0.375 e. The Balaban J connectivity index is 1.22. The number of nitriles is 1. The van der Waals surface area contributed by atoms with Gasteiger partial charge in [-0.3, -0.25) is 9.78 Å². The van der Waals surface area contributed by atoms with Crippen LogP contribution in [0.2, 0.25) is 0 Å². The van der Waals surface area contributed by atoms with Crippen molar-refractivity contribution in [3.63, 3.8) is 0 Å². The van der Waals surface area contributed by atoms with E-state index in [0.29, 0.717) is 31.2 Å². The summed E-state index contributed by atoms with van der Waals surface area (Å²) >= 11 is 0. The maximum atomic E-state index is 12.8. The molecule has 6 heteroatoms. The van der Waals surface area contributed by atoms with E-state index in [2.05, 4.69) is 45.5 Å². The molecule has 1 atom stereocenters. The number of nitrogens with one attached hydrogen (secondary N) is 1. The molecule has 1 amide bonds. The lowest BCUT2D eigenvalue weighted by Crippen LogP contribution is -2.45. The van der Waals surface area contributed by atoms with Gasteiger partial charge in [0.2, 0.25) is 0 Å². The monoisotopic (exact) mass is 438 g/mol. The van der Waals surface area contributed by atoms with Gasteiger partial charge in [0, 0.05) is 36.5 Å². The number of carbonyl (C=O) groups excluding carboxylic acids is 1. The van der Waals surface area contributed by atoms with Crippen molar-refractivity contribution in [3.05, 3.63) is 94.8 Å². The maximum Gasteiger partial charge on any atom is 0.251 e. The summed E-state index contributed by atoms with van der Waals surface area (Å²) in [4.78, 5) is 19.6. The molecule has 6 nitrogen and oxygen atoms in total. The van der Waals surface area contributed by atoms with Crippen LogP contribution in [0.3, 0.4) is 0 Å². The average Bonchev–Trinajstić information content (AvgIpc) is 2.83. The van der Waals surface area contributed by atoms with Gasteiger partial charge in [-0.15, -0.1) is 0 Å². The van der Waals surface area contributed by atoms with E-state index in [9.17, 15) is 10.1 Å². The van der Waals surface area contributed by atoms with Gasteiger partial charge in [0.05, 0.1) is 31.5 Å². The number of ether oxygens (including phenoxy) is 1. The fraction of sp³-hybridized carbons (Fsp3) is 0.296. The van der Waals surface area contributed by atoms with E-state index in [0.717, 1.165) is 35.6 Å². The molecule has 0 bridgehead atoms. The van der Waals surface area contributed by atoms with E-state index >= 15 is 0 Å². The van der Waals surface area contributed by atoms with Crippen LogP contribution < -0.4 is 10.2 Å². The molecule has 1 saturated heterocycles. The van der Waals surface area contributed by atoms with Gasteiger partial charge in [-0.05, 0) is 47.9 Å². The molecule has 0 spiro atoms. The molecular weight excluding hydrogens is 412 g/mol. The van der Waals surface area contributed by atoms with Crippen LogP contribution >= 0.6 is 0 Å². The largest absolute Gasteiger partial charge is 0.375 e. The van der Waals surface area contributed by atoms with Crippen LogP contribution in [0.15, 0.2) is 66.9 Å². The number of hydrogen-bond donors (Lipinski definition) is 1. The number of aromatic nitrogens is 1. The summed E-state index contributed by atoms with van der Waals surface area (Å²) in [6.07, 6.45) is 1.80. The highest BCUT2D eigenvalue weighted by atomic mass is 16.5. The Morgan fingerprint density at radius 3 is 2.82 bits per heavy atom. The molecule has 1 aromatic heterocycles. The first-order chi connectivity index (χ1) is 16.1. The fourth-order valence-electron chi connectivity index (χ4n) is 4.55. The van der Waals surface area contributed by atoms with E-state index < -0.39 is 5.41 Å². The number of benzene rings is 2. The van der Waals surface area contributed by atoms with Crippen LogP contribution in [0.4, 0.5) is 5.69 Å². The number of carbonyl (C=O) groups is 1. The molecule has 0 saturated carbocycles. The van der Waals surface area contributed by atoms with Crippen LogP contribution in [-0.2, 0) is 23.3 Å². The van der Waals surface area contributed by atoms with Gasteiger partial charge in [0.1, 0.15) is 5.41 Å². The molecule has 1 N–H and O–H groups in total. The standard InChI is InChI=1S/C27H26N4O2/c1-27(17-28)18-33-16-21-8-7-20(11-25(21)27)26(32)30-13-23-12-24(9-10-29-23)31-14-22(15-31)19-5-3-2-4-6-19/h2-12,22H,13-16,18H2,1H3,(H,30,32)/t27-/m1/s1. The van der Waals surface area contributed by atoms with Gasteiger partial charge in [0.15, 0.2) is 0 Å². The number of nitrogens with zero attached hydrogens (tertiary/aromatic N) is 3. The average molecular weight is 439 g/mol. The highest BCUT2D eigenvalue weighted by molar-refractivity contribution is 5.94. The second-order valence-corrected chi connectivity index (χ2v) is 9.01. The third-order valence-electron chi connectivity index (χ3n) is 6.61. The topological polar surface area (TPSA) is 78.2 Å². The first-order valence-corrected chi connectivity index (χ1v) is 11.2. The fourth-order valence-corrected chi connectivity index (χ4v) is 4.55. The molecule has 3 aromatic rings. The summed E-state index contributed by atoms with van der Waals surface area (Å²) in [5.74, 6) is 0.376. The zero-order chi connectivity index (χ0) is 22.8. The first kappa shape index (κ1) is 21.2. The summed E-state index contributed by atoms with van der Waals surface area (Å²) in [5, 5.41) is 12.6. The first-order valence-electron chi connectivity index (χ1n) is 11.2. The number of amides is 1. The molecular formula is C27H26N4O2. The maximum absolute atomic E-state index is 12.8. The quantitative estimate of drug-likeness (QED) is 0.653. The van der Waals surface area contributed by atoms with E-state index in [1.54, 1.807) is 12.3 Å². The Labute approximate surface area is 193 Å². The predicted molar refractivity (Wildman–Crippen MR) is 126 cm³/mol. The number of hydrogen-bond acceptors (Lipinski definition) is 5. The Kier molecular flexibility index (Phi) is 5.57. The molecule has 2 aliphatic heterocycles. The van der Waals surface area contributed by atoms with Crippen molar-refractivity contribution in [3.8, 4) is 6.07 Å². The van der Waals surface area contributed by atoms with Crippen LogP contribution in [0, 0.1) is 11.3 Å². The van der Waals surface area contributed by atoms with Crippen molar-refractivity contribution in [1.29, 1.82) is 5.26 Å². The minimum atomic E-state index is -0.741. The van der Waals surface area contributed by atoms with Gasteiger partial charge < -0.3 is 15.0 Å². The third-order valence-corrected chi connectivity index (χ3v) is 6.61. The van der Waals surface area contributed by atoms with Gasteiger partial charge in [-0.2, -0.15) is 5.26 Å². The Morgan fingerprint density at radius 1 is 1.21 bits per heavy atom. The van der Waals surface area contributed by atoms with E-state index in [4.69, 9.17) is 4.74 Å². The summed E-state index contributed by atoms with van der Waals surface area (Å²) in [7, 11) is 0. The van der Waals surface area contributed by atoms with E-state index in [1.807, 2.05) is 37.3 Å². The molecule has 2 aromatic carbocycles. The number of pyridine rings is 1. The van der Waals surface area contributed by atoms with Crippen LogP contribution in [0.1, 0.15) is 45.6 Å². The van der Waals surface area contributed by atoms with Gasteiger partial charge >= 0.3 is 0 Å². The number of rotatable bonds is 5. The van der Waals surface area contributed by atoms with Crippen molar-refractivity contribution in [1.82, 2.24) is 10.3 Å². The van der Waals surface area contributed by atoms with Crippen molar-refractivity contribution < 1.29 is 9.53 Å². The molecule has 2 aliphatic rings. The van der Waals surface area contributed by atoms with Gasteiger partial charge in [0.25, 0.3) is 5.91 Å². The van der Waals surface area contributed by atoms with Crippen molar-refractivity contribution in [2.24, 2.45) is 0 Å². The molecule has 0 aliphatic carbocycles. The predicted octanol–water partition coefficient (Wildman–Crippen LogP) is 3.93. The van der Waals surface area contributed by atoms with E-state index in [1.165, 1.54) is 5.56 Å². The molecule has 5 rings (SSSR count). The molecule has 0 radical (unpaired) electrons. The molecule has 3 heterocycles. The smallest absolute Gasteiger partial charge is 0.251 e. The lowest BCUT2D eigenvalue weighted by atomic mass is 9.79. The highest BCUT2D eigenvalue weighted by Crippen LogP contribution is 2.33. The Bertz CT molecular complexity index is 1210. The molecule has 166 valence electrons. The van der Waals surface area contributed by atoms with Gasteiger partial charge in [-0.1, -0.05) is 36.4 Å². The highest BCUT2D eigenvalue weighted by Gasteiger charge is 2.33. The van der Waals surface area contributed by atoms with Crippen molar-refractivity contribution in [2.45, 2.75) is 31.4 Å².